The summed E-state index contributed by atoms with van der Waals surface area (Å²) in [5.41, 5.74) is 4.18. The van der Waals surface area contributed by atoms with E-state index < -0.39 is 0 Å². The molecule has 0 aliphatic carbocycles. The van der Waals surface area contributed by atoms with E-state index in [4.69, 9.17) is 0 Å². The molecule has 1 aromatic carbocycles. The minimum atomic E-state index is 0.690. The number of hydrogen-bond acceptors (Lipinski definition) is 2. The first-order chi connectivity index (χ1) is 7.70. The van der Waals surface area contributed by atoms with Gasteiger partial charge in [-0.1, -0.05) is 19.9 Å². The molecule has 1 aliphatic heterocycles. The summed E-state index contributed by atoms with van der Waals surface area (Å²) in [6.45, 7) is 10.0. The van der Waals surface area contributed by atoms with E-state index in [1.54, 1.807) is 0 Å². The number of likely N-dealkylation sites (N-methyl/N-ethyl adjacent to an activating group) is 1. The molecule has 1 aromatic rings. The molecule has 0 fully saturated rings. The molecule has 0 saturated heterocycles. The van der Waals surface area contributed by atoms with Gasteiger partial charge in [0.25, 0.3) is 0 Å². The first-order valence-electron chi connectivity index (χ1n) is 6.32. The maximum absolute atomic E-state index is 3.49. The van der Waals surface area contributed by atoms with Gasteiger partial charge in [-0.3, -0.25) is 0 Å². The lowest BCUT2D eigenvalue weighted by Gasteiger charge is -2.18. The Bertz CT molecular complexity index is 358. The molecule has 1 N–H and O–H groups in total. The number of benzene rings is 1. The highest BCUT2D eigenvalue weighted by Crippen LogP contribution is 2.30. The number of fused-ring (bicyclic) bond motifs is 1. The molecule has 2 nitrogen and oxygen atoms in total. The van der Waals surface area contributed by atoms with E-state index >= 15 is 0 Å². The first kappa shape index (κ1) is 11.3. The number of anilines is 2. The number of hydrogen-bond donors (Lipinski definition) is 1. The molecule has 0 aromatic heterocycles. The van der Waals surface area contributed by atoms with Gasteiger partial charge in [0, 0.05) is 31.0 Å². The molecule has 1 aliphatic rings. The molecule has 0 unspecified atom stereocenters. The normalized spacial score (nSPS) is 14.4. The van der Waals surface area contributed by atoms with Crippen molar-refractivity contribution in [2.45, 2.75) is 27.2 Å². The summed E-state index contributed by atoms with van der Waals surface area (Å²) in [7, 11) is 0. The summed E-state index contributed by atoms with van der Waals surface area (Å²) in [5, 5.41) is 3.49. The second-order valence-corrected chi connectivity index (χ2v) is 4.95. The van der Waals surface area contributed by atoms with Crippen LogP contribution in [0, 0.1) is 5.92 Å². The van der Waals surface area contributed by atoms with Crippen LogP contribution < -0.4 is 10.2 Å². The third kappa shape index (κ3) is 2.31. The average molecular weight is 218 g/mol. The predicted molar refractivity (Wildman–Crippen MR) is 71.4 cm³/mol. The van der Waals surface area contributed by atoms with Gasteiger partial charge in [0.1, 0.15) is 0 Å². The van der Waals surface area contributed by atoms with Gasteiger partial charge in [-0.2, -0.15) is 0 Å². The van der Waals surface area contributed by atoms with E-state index in [0.717, 1.165) is 13.1 Å². The highest BCUT2D eigenvalue weighted by atomic mass is 15.1. The van der Waals surface area contributed by atoms with E-state index in [1.165, 1.54) is 29.9 Å². The van der Waals surface area contributed by atoms with Crippen molar-refractivity contribution in [2.24, 2.45) is 5.92 Å². The fourth-order valence-corrected chi connectivity index (χ4v) is 2.21. The highest BCUT2D eigenvalue weighted by Gasteiger charge is 2.17. The van der Waals surface area contributed by atoms with Crippen LogP contribution in [-0.2, 0) is 6.42 Å². The predicted octanol–water partition coefficient (Wildman–Crippen LogP) is 3.14. The molecular weight excluding hydrogens is 196 g/mol. The Balaban J connectivity index is 2.12. The Hall–Kier alpha value is -1.18. The molecule has 0 atom stereocenters. The summed E-state index contributed by atoms with van der Waals surface area (Å²) in [6, 6.07) is 6.78. The van der Waals surface area contributed by atoms with Crippen LogP contribution in [0.4, 0.5) is 11.4 Å². The van der Waals surface area contributed by atoms with Crippen molar-refractivity contribution in [1.82, 2.24) is 0 Å². The number of nitrogens with zero attached hydrogens (tertiary/aromatic N) is 1. The molecule has 0 radical (unpaired) electrons. The SMILES string of the molecule is CCN1CCc2ccc(NCC(C)C)cc21. The van der Waals surface area contributed by atoms with E-state index in [1.807, 2.05) is 0 Å². The van der Waals surface area contributed by atoms with Crippen molar-refractivity contribution in [3.63, 3.8) is 0 Å². The van der Waals surface area contributed by atoms with Gasteiger partial charge in [-0.25, -0.2) is 0 Å². The minimum Gasteiger partial charge on any atom is -0.385 e. The summed E-state index contributed by atoms with van der Waals surface area (Å²) >= 11 is 0. The summed E-state index contributed by atoms with van der Waals surface area (Å²) in [5.74, 6) is 0.690. The van der Waals surface area contributed by atoms with Gasteiger partial charge in [0.2, 0.25) is 0 Å². The molecule has 2 heteroatoms. The van der Waals surface area contributed by atoms with Crippen LogP contribution in [0.15, 0.2) is 18.2 Å². The summed E-state index contributed by atoms with van der Waals surface area (Å²) < 4.78 is 0. The average Bonchev–Trinajstić information content (AvgIpc) is 2.68. The zero-order chi connectivity index (χ0) is 11.5. The fourth-order valence-electron chi connectivity index (χ4n) is 2.21. The Kier molecular flexibility index (Phi) is 3.37. The quantitative estimate of drug-likeness (QED) is 0.835. The van der Waals surface area contributed by atoms with Crippen LogP contribution in [-0.4, -0.2) is 19.6 Å². The summed E-state index contributed by atoms with van der Waals surface area (Å²) in [4.78, 5) is 2.45. The zero-order valence-electron chi connectivity index (χ0n) is 10.6. The highest BCUT2D eigenvalue weighted by molar-refractivity contribution is 5.65. The van der Waals surface area contributed by atoms with Crippen molar-refractivity contribution in [3.8, 4) is 0 Å². The third-order valence-corrected chi connectivity index (χ3v) is 3.17. The Morgan fingerprint density at radius 3 is 2.88 bits per heavy atom. The van der Waals surface area contributed by atoms with Gasteiger partial charge in [0.05, 0.1) is 0 Å². The minimum absolute atomic E-state index is 0.690. The molecule has 88 valence electrons. The molecular formula is C14H22N2. The van der Waals surface area contributed by atoms with Crippen molar-refractivity contribution < 1.29 is 0 Å². The van der Waals surface area contributed by atoms with E-state index in [9.17, 15) is 0 Å². The zero-order valence-corrected chi connectivity index (χ0v) is 10.6. The lowest BCUT2D eigenvalue weighted by molar-refractivity contribution is 0.689. The molecule has 16 heavy (non-hydrogen) atoms. The fraction of sp³-hybridized carbons (Fsp3) is 0.571. The largest absolute Gasteiger partial charge is 0.385 e. The van der Waals surface area contributed by atoms with Crippen LogP contribution in [0.3, 0.4) is 0 Å². The molecule has 0 saturated carbocycles. The van der Waals surface area contributed by atoms with Gasteiger partial charge >= 0.3 is 0 Å². The maximum Gasteiger partial charge on any atom is 0.0420 e. The molecule has 0 amide bonds. The van der Waals surface area contributed by atoms with Gasteiger partial charge < -0.3 is 10.2 Å². The van der Waals surface area contributed by atoms with Gasteiger partial charge in [-0.05, 0) is 37.0 Å². The van der Waals surface area contributed by atoms with Crippen molar-refractivity contribution >= 4 is 11.4 Å². The maximum atomic E-state index is 3.49. The van der Waals surface area contributed by atoms with Gasteiger partial charge in [-0.15, -0.1) is 0 Å². The van der Waals surface area contributed by atoms with Crippen molar-refractivity contribution in [1.29, 1.82) is 0 Å². The Labute approximate surface area is 98.7 Å². The van der Waals surface area contributed by atoms with Crippen molar-refractivity contribution in [3.05, 3.63) is 23.8 Å². The van der Waals surface area contributed by atoms with Crippen LogP contribution in [0.25, 0.3) is 0 Å². The Morgan fingerprint density at radius 1 is 1.38 bits per heavy atom. The lowest BCUT2D eigenvalue weighted by atomic mass is 10.1. The van der Waals surface area contributed by atoms with Crippen molar-refractivity contribution in [2.75, 3.05) is 29.9 Å². The molecule has 0 bridgehead atoms. The van der Waals surface area contributed by atoms with Gasteiger partial charge in [0.15, 0.2) is 0 Å². The van der Waals surface area contributed by atoms with Crippen LogP contribution in [0.2, 0.25) is 0 Å². The second-order valence-electron chi connectivity index (χ2n) is 4.95. The van der Waals surface area contributed by atoms with E-state index in [2.05, 4.69) is 49.2 Å². The topological polar surface area (TPSA) is 15.3 Å². The smallest absolute Gasteiger partial charge is 0.0420 e. The van der Waals surface area contributed by atoms with Crippen LogP contribution >= 0.6 is 0 Å². The number of nitrogens with one attached hydrogen (secondary N) is 1. The lowest BCUT2D eigenvalue weighted by Crippen LogP contribution is -2.19. The monoisotopic (exact) mass is 218 g/mol. The molecule has 1 heterocycles. The van der Waals surface area contributed by atoms with Crippen LogP contribution in [0.5, 0.6) is 0 Å². The molecule has 0 spiro atoms. The third-order valence-electron chi connectivity index (χ3n) is 3.17. The summed E-state index contributed by atoms with van der Waals surface area (Å²) in [6.07, 6.45) is 1.20. The standard InChI is InChI=1S/C14H22N2/c1-4-16-8-7-12-5-6-13(9-14(12)16)15-10-11(2)3/h5-6,9,11,15H,4,7-8,10H2,1-3H3. The van der Waals surface area contributed by atoms with E-state index in [0.29, 0.717) is 5.92 Å². The molecule has 2 rings (SSSR count). The van der Waals surface area contributed by atoms with E-state index in [-0.39, 0.29) is 0 Å². The first-order valence-corrected chi connectivity index (χ1v) is 6.32. The number of rotatable bonds is 4. The second kappa shape index (κ2) is 4.77. The Morgan fingerprint density at radius 2 is 2.19 bits per heavy atom. The van der Waals surface area contributed by atoms with Crippen LogP contribution in [0.1, 0.15) is 26.3 Å².